The molecule has 1 N–H and O–H groups in total. The molecule has 2 aromatic carbocycles. The van der Waals surface area contributed by atoms with E-state index in [0.717, 1.165) is 11.1 Å². The monoisotopic (exact) mass is 429 g/mol. The van der Waals surface area contributed by atoms with Gasteiger partial charge in [-0.05, 0) is 31.5 Å². The molecule has 0 fully saturated rings. The number of hydrogen-bond acceptors (Lipinski definition) is 5. The molecule has 30 heavy (non-hydrogen) atoms. The predicted molar refractivity (Wildman–Crippen MR) is 110 cm³/mol. The number of carbonyl (C=O) groups is 3. The Hall–Kier alpha value is -3.20. The highest BCUT2D eigenvalue weighted by atomic mass is 32.2. The smallest absolute Gasteiger partial charge is 0.269 e. The Labute approximate surface area is 175 Å². The van der Waals surface area contributed by atoms with E-state index in [1.54, 1.807) is 13.0 Å². The van der Waals surface area contributed by atoms with Crippen LogP contribution in [0.25, 0.3) is 0 Å². The average Bonchev–Trinajstić information content (AvgIpc) is 2.92. The number of amides is 3. The third kappa shape index (κ3) is 3.93. The minimum absolute atomic E-state index is 0.0369. The van der Waals surface area contributed by atoms with Gasteiger partial charge in [0.1, 0.15) is 17.5 Å². The topological polar surface area (TPSA) is 104 Å². The molecule has 1 aliphatic heterocycles. The number of nitrogens with zero attached hydrogens (tertiary/aromatic N) is 2. The number of nitrogens with one attached hydrogen (secondary N) is 1. The first-order chi connectivity index (χ1) is 14.2. The van der Waals surface area contributed by atoms with Crippen molar-refractivity contribution in [3.63, 3.8) is 0 Å². The van der Waals surface area contributed by atoms with Crippen LogP contribution in [-0.4, -0.2) is 55.0 Å². The maximum atomic E-state index is 13.1. The molecule has 9 heteroatoms. The third-order valence-electron chi connectivity index (χ3n) is 5.04. The van der Waals surface area contributed by atoms with Gasteiger partial charge in [-0.25, -0.2) is 12.7 Å². The zero-order valence-electron chi connectivity index (χ0n) is 17.0. The zero-order valence-corrected chi connectivity index (χ0v) is 17.8. The summed E-state index contributed by atoms with van der Waals surface area (Å²) in [6, 6.07) is 12.4. The Morgan fingerprint density at radius 2 is 1.83 bits per heavy atom. The molecule has 158 valence electrons. The van der Waals surface area contributed by atoms with Crippen LogP contribution in [0.5, 0.6) is 0 Å². The van der Waals surface area contributed by atoms with Crippen LogP contribution in [0.1, 0.15) is 28.4 Å². The second-order valence-corrected chi connectivity index (χ2v) is 8.94. The second-order valence-electron chi connectivity index (χ2n) is 7.11. The quantitative estimate of drug-likeness (QED) is 0.746. The summed E-state index contributed by atoms with van der Waals surface area (Å²) in [6.07, 6.45) is 0. The normalized spacial score (nSPS) is 15.4. The molecular weight excluding hydrogens is 406 g/mol. The van der Waals surface area contributed by atoms with Gasteiger partial charge < -0.3 is 10.2 Å². The van der Waals surface area contributed by atoms with Crippen LogP contribution in [0.4, 0.5) is 0 Å². The largest absolute Gasteiger partial charge is 0.357 e. The van der Waals surface area contributed by atoms with Crippen molar-refractivity contribution in [1.82, 2.24) is 14.5 Å². The first kappa shape index (κ1) is 21.5. The van der Waals surface area contributed by atoms with E-state index in [2.05, 4.69) is 5.32 Å². The first-order valence-corrected chi connectivity index (χ1v) is 10.8. The van der Waals surface area contributed by atoms with Crippen LogP contribution in [0, 0.1) is 6.92 Å². The van der Waals surface area contributed by atoms with Crippen molar-refractivity contribution >= 4 is 27.7 Å². The first-order valence-electron chi connectivity index (χ1n) is 9.39. The molecule has 1 atom stereocenters. The van der Waals surface area contributed by atoms with Crippen LogP contribution in [-0.2, 0) is 26.2 Å². The number of rotatable bonds is 6. The van der Waals surface area contributed by atoms with Crippen molar-refractivity contribution < 1.29 is 22.8 Å². The van der Waals surface area contributed by atoms with Gasteiger partial charge in [0.05, 0.1) is 5.56 Å². The molecule has 0 saturated carbocycles. The SMILES string of the molecule is CNC(=O)[C@H](C)N(Cc1cccc(C)c1)C(=O)CN1C(=O)c2ccccc2S1(=O)=O. The van der Waals surface area contributed by atoms with E-state index in [-0.39, 0.29) is 17.0 Å². The van der Waals surface area contributed by atoms with E-state index in [1.807, 2.05) is 31.2 Å². The number of benzene rings is 2. The standard InChI is InChI=1S/C21H23N3O5S/c1-14-7-6-8-16(11-14)12-23(15(2)20(26)22-3)19(25)13-24-21(27)17-9-4-5-10-18(17)30(24,28)29/h4-11,15H,12-13H2,1-3H3,(H,22,26)/t15-/m0/s1. The fourth-order valence-corrected chi connectivity index (χ4v) is 4.92. The Morgan fingerprint density at radius 1 is 1.13 bits per heavy atom. The summed E-state index contributed by atoms with van der Waals surface area (Å²) in [5.41, 5.74) is 1.81. The number of hydrogen-bond donors (Lipinski definition) is 1. The van der Waals surface area contributed by atoms with Gasteiger partial charge >= 0.3 is 0 Å². The van der Waals surface area contributed by atoms with Gasteiger partial charge in [0.2, 0.25) is 11.8 Å². The average molecular weight is 429 g/mol. The van der Waals surface area contributed by atoms with Crippen molar-refractivity contribution in [3.05, 3.63) is 65.2 Å². The van der Waals surface area contributed by atoms with E-state index >= 15 is 0 Å². The minimum atomic E-state index is -4.12. The fourth-order valence-electron chi connectivity index (χ4n) is 3.40. The Morgan fingerprint density at radius 3 is 2.47 bits per heavy atom. The van der Waals surface area contributed by atoms with Gasteiger partial charge in [-0.1, -0.05) is 42.0 Å². The molecule has 0 spiro atoms. The summed E-state index contributed by atoms with van der Waals surface area (Å²) >= 11 is 0. The summed E-state index contributed by atoms with van der Waals surface area (Å²) in [6.45, 7) is 2.89. The van der Waals surface area contributed by atoms with Crippen LogP contribution in [0.3, 0.4) is 0 Å². The molecule has 8 nitrogen and oxygen atoms in total. The number of sulfonamides is 1. The van der Waals surface area contributed by atoms with Crippen molar-refractivity contribution in [2.24, 2.45) is 0 Å². The molecule has 3 rings (SSSR count). The molecule has 0 aliphatic carbocycles. The highest BCUT2D eigenvalue weighted by molar-refractivity contribution is 7.90. The summed E-state index contributed by atoms with van der Waals surface area (Å²) < 4.78 is 26.1. The second kappa shape index (κ2) is 8.27. The van der Waals surface area contributed by atoms with Gasteiger partial charge in [-0.3, -0.25) is 14.4 Å². The molecular formula is C21H23N3O5S. The van der Waals surface area contributed by atoms with Crippen molar-refractivity contribution in [1.29, 1.82) is 0 Å². The molecule has 1 heterocycles. The van der Waals surface area contributed by atoms with Crippen molar-refractivity contribution in [3.8, 4) is 0 Å². The number of carbonyl (C=O) groups excluding carboxylic acids is 3. The maximum Gasteiger partial charge on any atom is 0.269 e. The fraction of sp³-hybridized carbons (Fsp3) is 0.286. The summed E-state index contributed by atoms with van der Waals surface area (Å²) in [5, 5.41) is 2.50. The molecule has 0 unspecified atom stereocenters. The lowest BCUT2D eigenvalue weighted by Gasteiger charge is -2.29. The van der Waals surface area contributed by atoms with Crippen LogP contribution >= 0.6 is 0 Å². The summed E-state index contributed by atoms with van der Waals surface area (Å²) in [5.74, 6) is -1.78. The van der Waals surface area contributed by atoms with Crippen LogP contribution in [0.2, 0.25) is 0 Å². The Kier molecular flexibility index (Phi) is 5.93. The number of aryl methyl sites for hydroxylation is 1. The molecule has 0 saturated heterocycles. The van der Waals surface area contributed by atoms with Gasteiger partial charge in [-0.15, -0.1) is 0 Å². The van der Waals surface area contributed by atoms with Crippen LogP contribution < -0.4 is 5.32 Å². The van der Waals surface area contributed by atoms with Gasteiger partial charge in [0.15, 0.2) is 0 Å². The number of likely N-dealkylation sites (N-methyl/N-ethyl adjacent to an activating group) is 1. The molecule has 0 aromatic heterocycles. The van der Waals surface area contributed by atoms with Crippen molar-refractivity contribution in [2.75, 3.05) is 13.6 Å². The predicted octanol–water partition coefficient (Wildman–Crippen LogP) is 1.30. The van der Waals surface area contributed by atoms with Gasteiger partial charge in [-0.2, -0.15) is 0 Å². The lowest BCUT2D eigenvalue weighted by atomic mass is 10.1. The van der Waals surface area contributed by atoms with Gasteiger partial charge in [0.25, 0.3) is 15.9 Å². The van der Waals surface area contributed by atoms with E-state index < -0.39 is 40.3 Å². The highest BCUT2D eigenvalue weighted by Crippen LogP contribution is 2.30. The number of fused-ring (bicyclic) bond motifs is 1. The van der Waals surface area contributed by atoms with Gasteiger partial charge in [0, 0.05) is 13.6 Å². The van der Waals surface area contributed by atoms with Crippen molar-refractivity contribution in [2.45, 2.75) is 31.3 Å². The Balaban J connectivity index is 1.90. The summed E-state index contributed by atoms with van der Waals surface area (Å²) in [7, 11) is -2.66. The molecule has 1 aliphatic rings. The molecule has 0 bridgehead atoms. The lowest BCUT2D eigenvalue weighted by molar-refractivity contribution is -0.140. The minimum Gasteiger partial charge on any atom is -0.357 e. The van der Waals surface area contributed by atoms with Crippen LogP contribution in [0.15, 0.2) is 53.4 Å². The molecule has 3 amide bonds. The van der Waals surface area contributed by atoms with E-state index in [9.17, 15) is 22.8 Å². The van der Waals surface area contributed by atoms with E-state index in [4.69, 9.17) is 0 Å². The molecule has 0 radical (unpaired) electrons. The van der Waals surface area contributed by atoms with E-state index in [1.165, 1.54) is 30.1 Å². The van der Waals surface area contributed by atoms with E-state index in [0.29, 0.717) is 4.31 Å². The summed E-state index contributed by atoms with van der Waals surface area (Å²) in [4.78, 5) is 39.1. The zero-order chi connectivity index (χ0) is 22.1. The maximum absolute atomic E-state index is 13.1. The lowest BCUT2D eigenvalue weighted by Crippen LogP contribution is -2.50. The Bertz CT molecular complexity index is 1110. The third-order valence-corrected chi connectivity index (χ3v) is 6.83. The molecule has 2 aromatic rings. The highest BCUT2D eigenvalue weighted by Gasteiger charge is 2.43.